The molecule has 0 radical (unpaired) electrons. The van der Waals surface area contributed by atoms with E-state index in [0.717, 1.165) is 16.3 Å². The minimum absolute atomic E-state index is 0.00881. The van der Waals surface area contributed by atoms with Gasteiger partial charge < -0.3 is 5.32 Å². The summed E-state index contributed by atoms with van der Waals surface area (Å²) < 4.78 is 0. The van der Waals surface area contributed by atoms with E-state index in [0.29, 0.717) is 5.45 Å². The van der Waals surface area contributed by atoms with Crippen LogP contribution in [0.1, 0.15) is 6.92 Å². The lowest BCUT2D eigenvalue weighted by atomic mass is 10.2. The topological polar surface area (TPSA) is 32.3 Å². The maximum Gasteiger partial charge on any atom is 0.240 e. The van der Waals surface area contributed by atoms with Crippen LogP contribution >= 0.6 is 27.7 Å². The predicted molar refractivity (Wildman–Crippen MR) is 72.6 cm³/mol. The van der Waals surface area contributed by atoms with E-state index in [2.05, 4.69) is 27.3 Å². The summed E-state index contributed by atoms with van der Waals surface area (Å²) in [6.45, 7) is 1.94. The number of rotatable bonds is 2. The van der Waals surface area contributed by atoms with Crippen molar-refractivity contribution in [2.45, 2.75) is 17.1 Å². The summed E-state index contributed by atoms with van der Waals surface area (Å²) in [5.74, 6) is 0.155. The van der Waals surface area contributed by atoms with Crippen LogP contribution in [0.25, 0.3) is 0 Å². The van der Waals surface area contributed by atoms with E-state index < -0.39 is 0 Å². The molecule has 2 rings (SSSR count). The Hall–Kier alpha value is -0.680. The fraction of sp³-hybridized carbons (Fsp3) is 0.364. The van der Waals surface area contributed by atoms with Gasteiger partial charge >= 0.3 is 0 Å². The Balaban J connectivity index is 2.48. The SMILES string of the molecule is CNc1ccc2c(c1)N(CBr)C(=O)C(C)S2. The number of carbonyl (C=O) groups is 1. The van der Waals surface area contributed by atoms with Gasteiger partial charge in [0, 0.05) is 17.6 Å². The number of benzene rings is 1. The van der Waals surface area contributed by atoms with Gasteiger partial charge in [0.2, 0.25) is 5.91 Å². The Morgan fingerprint density at radius 3 is 2.94 bits per heavy atom. The molecule has 1 N–H and O–H groups in total. The molecule has 1 unspecified atom stereocenters. The number of halogens is 1. The molecule has 1 amide bonds. The molecule has 0 saturated heterocycles. The highest BCUT2D eigenvalue weighted by Crippen LogP contribution is 2.40. The van der Waals surface area contributed by atoms with Gasteiger partial charge in [0.05, 0.1) is 16.4 Å². The van der Waals surface area contributed by atoms with Crippen LogP contribution in [0.15, 0.2) is 23.1 Å². The fourth-order valence-electron chi connectivity index (χ4n) is 1.69. The standard InChI is InChI=1S/C11H13BrN2OS/c1-7-11(15)14(6-12)9-5-8(13-2)3-4-10(9)16-7/h3-5,7,13H,6H2,1-2H3. The monoisotopic (exact) mass is 300 g/mol. The van der Waals surface area contributed by atoms with Gasteiger partial charge in [-0.25, -0.2) is 0 Å². The number of fused-ring (bicyclic) bond motifs is 1. The molecule has 0 spiro atoms. The molecule has 1 heterocycles. The Bertz CT molecular complexity index is 424. The van der Waals surface area contributed by atoms with E-state index in [4.69, 9.17) is 0 Å². The summed E-state index contributed by atoms with van der Waals surface area (Å²) in [5.41, 5.74) is 2.54. The minimum Gasteiger partial charge on any atom is -0.388 e. The van der Waals surface area contributed by atoms with Crippen molar-refractivity contribution in [2.24, 2.45) is 0 Å². The number of anilines is 2. The first-order chi connectivity index (χ1) is 7.67. The average Bonchev–Trinajstić information content (AvgIpc) is 2.30. The summed E-state index contributed by atoms with van der Waals surface area (Å²) >= 11 is 4.99. The minimum atomic E-state index is -0.00881. The van der Waals surface area contributed by atoms with Gasteiger partial charge in [-0.3, -0.25) is 9.69 Å². The average molecular weight is 301 g/mol. The molecule has 1 aliphatic heterocycles. The molecule has 5 heteroatoms. The maximum atomic E-state index is 12.0. The molecule has 0 saturated carbocycles. The zero-order valence-corrected chi connectivity index (χ0v) is 11.6. The van der Waals surface area contributed by atoms with E-state index in [-0.39, 0.29) is 11.2 Å². The second-order valence-electron chi connectivity index (χ2n) is 3.58. The molecule has 1 aromatic carbocycles. The normalized spacial score (nSPS) is 19.6. The summed E-state index contributed by atoms with van der Waals surface area (Å²) in [6.07, 6.45) is 0. The Kier molecular flexibility index (Phi) is 3.44. The maximum absolute atomic E-state index is 12.0. The van der Waals surface area contributed by atoms with Crippen molar-refractivity contribution in [1.29, 1.82) is 0 Å². The fourth-order valence-corrected chi connectivity index (χ4v) is 3.25. The third-order valence-electron chi connectivity index (χ3n) is 2.58. The lowest BCUT2D eigenvalue weighted by Gasteiger charge is -2.31. The summed E-state index contributed by atoms with van der Waals surface area (Å²) in [4.78, 5) is 14.9. The highest BCUT2D eigenvalue weighted by atomic mass is 79.9. The van der Waals surface area contributed by atoms with Crippen LogP contribution in [0.4, 0.5) is 11.4 Å². The number of hydrogen-bond donors (Lipinski definition) is 1. The third-order valence-corrected chi connectivity index (χ3v) is 4.23. The zero-order chi connectivity index (χ0) is 11.7. The van der Waals surface area contributed by atoms with Crippen molar-refractivity contribution in [3.8, 4) is 0 Å². The second kappa shape index (κ2) is 4.67. The predicted octanol–water partition coefficient (Wildman–Crippen LogP) is 2.91. The number of nitrogens with zero attached hydrogens (tertiary/aromatic N) is 1. The molecule has 0 fully saturated rings. The molecular weight excluding hydrogens is 288 g/mol. The molecular formula is C11H13BrN2OS. The molecule has 1 aromatic rings. The zero-order valence-electron chi connectivity index (χ0n) is 9.16. The largest absolute Gasteiger partial charge is 0.388 e. The molecule has 3 nitrogen and oxygen atoms in total. The number of nitrogens with one attached hydrogen (secondary N) is 1. The number of carbonyl (C=O) groups excluding carboxylic acids is 1. The van der Waals surface area contributed by atoms with Crippen molar-refractivity contribution in [3.05, 3.63) is 18.2 Å². The number of hydrogen-bond acceptors (Lipinski definition) is 3. The molecule has 16 heavy (non-hydrogen) atoms. The van der Waals surface area contributed by atoms with E-state index in [1.807, 2.05) is 26.1 Å². The van der Waals surface area contributed by atoms with Crippen molar-refractivity contribution in [2.75, 3.05) is 22.7 Å². The van der Waals surface area contributed by atoms with E-state index in [1.54, 1.807) is 16.7 Å². The van der Waals surface area contributed by atoms with Crippen molar-refractivity contribution in [3.63, 3.8) is 0 Å². The Morgan fingerprint density at radius 2 is 2.31 bits per heavy atom. The molecule has 1 aliphatic rings. The number of thioether (sulfide) groups is 1. The second-order valence-corrected chi connectivity index (χ2v) is 5.46. The van der Waals surface area contributed by atoms with Gasteiger partial charge in [-0.15, -0.1) is 11.8 Å². The van der Waals surface area contributed by atoms with Crippen molar-refractivity contribution in [1.82, 2.24) is 0 Å². The molecule has 86 valence electrons. The van der Waals surface area contributed by atoms with Crippen LogP contribution in [0.2, 0.25) is 0 Å². The lowest BCUT2D eigenvalue weighted by molar-refractivity contribution is -0.117. The summed E-state index contributed by atoms with van der Waals surface area (Å²) in [5, 5.41) is 3.08. The molecule has 0 aliphatic carbocycles. The highest BCUT2D eigenvalue weighted by Gasteiger charge is 2.29. The first-order valence-electron chi connectivity index (χ1n) is 5.03. The van der Waals surface area contributed by atoms with Crippen LogP contribution in [0, 0.1) is 0 Å². The van der Waals surface area contributed by atoms with Gasteiger partial charge in [0.25, 0.3) is 0 Å². The Morgan fingerprint density at radius 1 is 1.56 bits per heavy atom. The van der Waals surface area contributed by atoms with Crippen LogP contribution < -0.4 is 10.2 Å². The summed E-state index contributed by atoms with van der Waals surface area (Å²) in [7, 11) is 1.88. The number of amides is 1. The first kappa shape index (κ1) is 11.8. The highest BCUT2D eigenvalue weighted by molar-refractivity contribution is 9.09. The van der Waals surface area contributed by atoms with Crippen LogP contribution in [-0.4, -0.2) is 23.7 Å². The van der Waals surface area contributed by atoms with Gasteiger partial charge in [-0.2, -0.15) is 0 Å². The Labute approximate surface area is 108 Å². The van der Waals surface area contributed by atoms with Crippen LogP contribution in [-0.2, 0) is 4.79 Å². The lowest BCUT2D eigenvalue weighted by Crippen LogP contribution is -2.38. The molecule has 0 aromatic heterocycles. The van der Waals surface area contributed by atoms with Gasteiger partial charge in [-0.05, 0) is 25.1 Å². The third kappa shape index (κ3) is 1.94. The first-order valence-corrected chi connectivity index (χ1v) is 7.03. The smallest absolute Gasteiger partial charge is 0.240 e. The molecule has 1 atom stereocenters. The summed E-state index contributed by atoms with van der Waals surface area (Å²) in [6, 6.07) is 6.10. The molecule has 0 bridgehead atoms. The van der Waals surface area contributed by atoms with Gasteiger partial charge in [0.1, 0.15) is 0 Å². The van der Waals surface area contributed by atoms with Crippen molar-refractivity contribution >= 4 is 45.0 Å². The van der Waals surface area contributed by atoms with Crippen LogP contribution in [0.5, 0.6) is 0 Å². The quantitative estimate of drug-likeness (QED) is 0.673. The van der Waals surface area contributed by atoms with Crippen molar-refractivity contribution < 1.29 is 4.79 Å². The van der Waals surface area contributed by atoms with E-state index >= 15 is 0 Å². The van der Waals surface area contributed by atoms with E-state index in [9.17, 15) is 4.79 Å². The van der Waals surface area contributed by atoms with Crippen LogP contribution in [0.3, 0.4) is 0 Å². The number of alkyl halides is 1. The van der Waals surface area contributed by atoms with Gasteiger partial charge in [-0.1, -0.05) is 15.9 Å². The van der Waals surface area contributed by atoms with E-state index in [1.165, 1.54) is 0 Å². The van der Waals surface area contributed by atoms with Gasteiger partial charge in [0.15, 0.2) is 0 Å².